The van der Waals surface area contributed by atoms with Gasteiger partial charge in [0, 0.05) is 23.6 Å². The van der Waals surface area contributed by atoms with Crippen molar-refractivity contribution in [2.75, 3.05) is 0 Å². The fraction of sp³-hybridized carbons (Fsp3) is 0.118. The van der Waals surface area contributed by atoms with Gasteiger partial charge in [0.2, 0.25) is 0 Å². The molecule has 0 saturated carbocycles. The molecular formula is C17H14N2. The van der Waals surface area contributed by atoms with Gasteiger partial charge in [0.1, 0.15) is 0 Å². The van der Waals surface area contributed by atoms with E-state index < -0.39 is 0 Å². The van der Waals surface area contributed by atoms with Crippen molar-refractivity contribution in [2.45, 2.75) is 13.5 Å². The molecule has 0 saturated heterocycles. The van der Waals surface area contributed by atoms with E-state index in [0.717, 1.165) is 17.7 Å². The van der Waals surface area contributed by atoms with Gasteiger partial charge >= 0.3 is 0 Å². The predicted octanol–water partition coefficient (Wildman–Crippen LogP) is 3.87. The van der Waals surface area contributed by atoms with Crippen LogP contribution in [0.2, 0.25) is 0 Å². The van der Waals surface area contributed by atoms with E-state index in [9.17, 15) is 0 Å². The summed E-state index contributed by atoms with van der Waals surface area (Å²) in [4.78, 5) is 0. The summed E-state index contributed by atoms with van der Waals surface area (Å²) < 4.78 is 2.19. The molecule has 0 amide bonds. The quantitative estimate of drug-likeness (QED) is 0.674. The number of aromatic nitrogens is 1. The number of benzene rings is 2. The highest BCUT2D eigenvalue weighted by molar-refractivity contribution is 5.83. The van der Waals surface area contributed by atoms with E-state index in [1.165, 1.54) is 16.5 Å². The molecule has 0 atom stereocenters. The first kappa shape index (κ1) is 11.6. The largest absolute Gasteiger partial charge is 0.343 e. The molecule has 0 aliphatic carbocycles. The molecule has 19 heavy (non-hydrogen) atoms. The lowest BCUT2D eigenvalue weighted by Gasteiger charge is -2.07. The van der Waals surface area contributed by atoms with Crippen molar-refractivity contribution < 1.29 is 0 Å². The van der Waals surface area contributed by atoms with Crippen molar-refractivity contribution in [2.24, 2.45) is 0 Å². The standard InChI is InChI=1S/C17H14N2/c1-13-5-4-8-17-16(13)9-10-19(17)12-15-7-3-2-6-14(15)11-18/h2-10H,12H2,1H3. The van der Waals surface area contributed by atoms with Gasteiger partial charge in [0.25, 0.3) is 0 Å². The normalized spacial score (nSPS) is 10.5. The van der Waals surface area contributed by atoms with Crippen molar-refractivity contribution >= 4 is 10.9 Å². The Morgan fingerprint density at radius 2 is 1.89 bits per heavy atom. The first-order chi connectivity index (χ1) is 9.29. The third-order valence-electron chi connectivity index (χ3n) is 3.51. The molecule has 0 unspecified atom stereocenters. The highest BCUT2D eigenvalue weighted by Crippen LogP contribution is 2.21. The Kier molecular flexibility index (Phi) is 2.81. The van der Waals surface area contributed by atoms with Crippen LogP contribution < -0.4 is 0 Å². The molecule has 3 aromatic rings. The number of hydrogen-bond acceptors (Lipinski definition) is 1. The van der Waals surface area contributed by atoms with Crippen molar-refractivity contribution in [3.63, 3.8) is 0 Å². The summed E-state index contributed by atoms with van der Waals surface area (Å²) >= 11 is 0. The van der Waals surface area contributed by atoms with E-state index in [1.807, 2.05) is 24.3 Å². The second kappa shape index (κ2) is 4.62. The Balaban J connectivity index is 2.07. The summed E-state index contributed by atoms with van der Waals surface area (Å²) in [6, 6.07) is 18.5. The van der Waals surface area contributed by atoms with E-state index in [-0.39, 0.29) is 0 Å². The smallest absolute Gasteiger partial charge is 0.0995 e. The lowest BCUT2D eigenvalue weighted by Crippen LogP contribution is -2.00. The Hall–Kier alpha value is -2.53. The summed E-state index contributed by atoms with van der Waals surface area (Å²) in [7, 11) is 0. The molecule has 1 aromatic heterocycles. The lowest BCUT2D eigenvalue weighted by molar-refractivity contribution is 0.834. The molecule has 2 aromatic carbocycles. The van der Waals surface area contributed by atoms with Crippen molar-refractivity contribution in [3.05, 3.63) is 71.4 Å². The molecule has 0 aliphatic heterocycles. The highest BCUT2D eigenvalue weighted by atomic mass is 14.9. The van der Waals surface area contributed by atoms with Crippen molar-refractivity contribution in [1.29, 1.82) is 5.26 Å². The zero-order valence-electron chi connectivity index (χ0n) is 10.8. The molecule has 3 rings (SSSR count). The predicted molar refractivity (Wildman–Crippen MR) is 76.9 cm³/mol. The fourth-order valence-electron chi connectivity index (χ4n) is 2.47. The van der Waals surface area contributed by atoms with E-state index in [0.29, 0.717) is 0 Å². The summed E-state index contributed by atoms with van der Waals surface area (Å²) in [6.07, 6.45) is 2.09. The SMILES string of the molecule is Cc1cccc2c1ccn2Cc1ccccc1C#N. The van der Waals surface area contributed by atoms with Gasteiger partial charge in [0.05, 0.1) is 11.6 Å². The molecule has 0 N–H and O–H groups in total. The van der Waals surface area contributed by atoms with E-state index in [2.05, 4.69) is 48.0 Å². The van der Waals surface area contributed by atoms with Crippen LogP contribution in [0, 0.1) is 18.3 Å². The van der Waals surface area contributed by atoms with Crippen LogP contribution in [-0.4, -0.2) is 4.57 Å². The second-order valence-electron chi connectivity index (χ2n) is 4.72. The number of fused-ring (bicyclic) bond motifs is 1. The summed E-state index contributed by atoms with van der Waals surface area (Å²) in [6.45, 7) is 2.85. The minimum atomic E-state index is 0.733. The number of nitrogens with zero attached hydrogens (tertiary/aromatic N) is 2. The van der Waals surface area contributed by atoms with Crippen LogP contribution in [0.4, 0.5) is 0 Å². The van der Waals surface area contributed by atoms with E-state index >= 15 is 0 Å². The van der Waals surface area contributed by atoms with Gasteiger partial charge in [-0.3, -0.25) is 0 Å². The first-order valence-electron chi connectivity index (χ1n) is 6.32. The average Bonchev–Trinajstić information content (AvgIpc) is 2.84. The summed E-state index contributed by atoms with van der Waals surface area (Å²) in [5.74, 6) is 0. The van der Waals surface area contributed by atoms with Crippen LogP contribution >= 0.6 is 0 Å². The zero-order valence-corrected chi connectivity index (χ0v) is 10.8. The van der Waals surface area contributed by atoms with Gasteiger partial charge in [0.15, 0.2) is 0 Å². The number of aryl methyl sites for hydroxylation is 1. The van der Waals surface area contributed by atoms with Crippen LogP contribution in [0.15, 0.2) is 54.7 Å². The maximum atomic E-state index is 9.15. The van der Waals surface area contributed by atoms with Gasteiger partial charge < -0.3 is 4.57 Å². The molecular weight excluding hydrogens is 232 g/mol. The summed E-state index contributed by atoms with van der Waals surface area (Å²) in [5, 5.41) is 10.4. The number of hydrogen-bond donors (Lipinski definition) is 0. The molecule has 0 spiro atoms. The third kappa shape index (κ3) is 2.00. The fourth-order valence-corrected chi connectivity index (χ4v) is 2.47. The zero-order chi connectivity index (χ0) is 13.2. The van der Waals surface area contributed by atoms with Crippen LogP contribution in [0.1, 0.15) is 16.7 Å². The van der Waals surface area contributed by atoms with E-state index in [1.54, 1.807) is 0 Å². The molecule has 1 heterocycles. The molecule has 0 fully saturated rings. The molecule has 0 aliphatic rings. The Morgan fingerprint density at radius 3 is 2.74 bits per heavy atom. The van der Waals surface area contributed by atoms with Gasteiger partial charge in [-0.1, -0.05) is 30.3 Å². The molecule has 2 nitrogen and oxygen atoms in total. The van der Waals surface area contributed by atoms with Crippen LogP contribution in [0.3, 0.4) is 0 Å². The maximum Gasteiger partial charge on any atom is 0.0995 e. The third-order valence-corrected chi connectivity index (χ3v) is 3.51. The molecule has 92 valence electrons. The lowest BCUT2D eigenvalue weighted by atomic mass is 10.1. The number of nitriles is 1. The Morgan fingerprint density at radius 1 is 1.05 bits per heavy atom. The monoisotopic (exact) mass is 246 g/mol. The van der Waals surface area contributed by atoms with Crippen LogP contribution in [0.5, 0.6) is 0 Å². The molecule has 0 radical (unpaired) electrons. The Labute approximate surface area is 112 Å². The topological polar surface area (TPSA) is 28.7 Å². The van der Waals surface area contributed by atoms with Crippen LogP contribution in [-0.2, 0) is 6.54 Å². The minimum absolute atomic E-state index is 0.733. The maximum absolute atomic E-state index is 9.15. The highest BCUT2D eigenvalue weighted by Gasteiger charge is 2.06. The summed E-state index contributed by atoms with van der Waals surface area (Å²) in [5.41, 5.74) is 4.30. The first-order valence-corrected chi connectivity index (χ1v) is 6.32. The minimum Gasteiger partial charge on any atom is -0.343 e. The second-order valence-corrected chi connectivity index (χ2v) is 4.72. The van der Waals surface area contributed by atoms with Gasteiger partial charge in [-0.25, -0.2) is 0 Å². The van der Waals surface area contributed by atoms with Gasteiger partial charge in [-0.05, 0) is 36.2 Å². The van der Waals surface area contributed by atoms with Crippen LogP contribution in [0.25, 0.3) is 10.9 Å². The number of rotatable bonds is 2. The molecule has 2 heteroatoms. The van der Waals surface area contributed by atoms with Gasteiger partial charge in [-0.15, -0.1) is 0 Å². The van der Waals surface area contributed by atoms with Crippen molar-refractivity contribution in [1.82, 2.24) is 4.57 Å². The van der Waals surface area contributed by atoms with E-state index in [4.69, 9.17) is 5.26 Å². The average molecular weight is 246 g/mol. The molecule has 0 bridgehead atoms. The Bertz CT molecular complexity index is 775. The van der Waals surface area contributed by atoms with Gasteiger partial charge in [-0.2, -0.15) is 5.26 Å². The van der Waals surface area contributed by atoms with Crippen molar-refractivity contribution in [3.8, 4) is 6.07 Å².